The second-order valence-corrected chi connectivity index (χ2v) is 5.31. The van der Waals surface area contributed by atoms with Gasteiger partial charge < -0.3 is 14.6 Å². The van der Waals surface area contributed by atoms with Crippen LogP contribution >= 0.6 is 0 Å². The van der Waals surface area contributed by atoms with E-state index in [0.29, 0.717) is 24.6 Å². The maximum absolute atomic E-state index is 11.5. The van der Waals surface area contributed by atoms with Gasteiger partial charge in [-0.05, 0) is 17.7 Å². The van der Waals surface area contributed by atoms with Gasteiger partial charge in [0.2, 0.25) is 5.95 Å². The minimum absolute atomic E-state index is 0.349. The first kappa shape index (κ1) is 14.3. The monoisotopic (exact) mass is 302 g/mol. The zero-order valence-corrected chi connectivity index (χ0v) is 12.8. The average molecular weight is 302 g/mol. The van der Waals surface area contributed by atoms with E-state index in [4.69, 9.17) is 4.42 Å². The zero-order valence-electron chi connectivity index (χ0n) is 12.8. The standard InChI is InChI=1S/C14H18N6O2/c1-19(2)13-16-12(17-18-13)8-15-7-9-4-5-10-11(6-9)22-14(21)20(10)3/h4-6,15H,7-8H2,1-3H3,(H,16,17,18). The molecule has 0 bridgehead atoms. The van der Waals surface area contributed by atoms with Crippen LogP contribution in [0.2, 0.25) is 0 Å². The van der Waals surface area contributed by atoms with E-state index >= 15 is 0 Å². The highest BCUT2D eigenvalue weighted by Gasteiger charge is 2.07. The molecule has 0 aliphatic rings. The van der Waals surface area contributed by atoms with Gasteiger partial charge in [0.15, 0.2) is 5.58 Å². The Labute approximate surface area is 126 Å². The molecule has 116 valence electrons. The van der Waals surface area contributed by atoms with Crippen molar-refractivity contribution in [2.75, 3.05) is 19.0 Å². The van der Waals surface area contributed by atoms with E-state index in [0.717, 1.165) is 16.9 Å². The Balaban J connectivity index is 1.64. The number of hydrogen-bond acceptors (Lipinski definition) is 6. The van der Waals surface area contributed by atoms with Crippen molar-refractivity contribution in [1.82, 2.24) is 25.1 Å². The van der Waals surface area contributed by atoms with E-state index in [-0.39, 0.29) is 5.76 Å². The molecule has 0 saturated carbocycles. The second-order valence-electron chi connectivity index (χ2n) is 5.31. The highest BCUT2D eigenvalue weighted by atomic mass is 16.4. The summed E-state index contributed by atoms with van der Waals surface area (Å²) in [5.74, 6) is 1.08. The molecule has 0 aliphatic heterocycles. The van der Waals surface area contributed by atoms with Crippen molar-refractivity contribution >= 4 is 17.0 Å². The van der Waals surface area contributed by atoms with Crippen molar-refractivity contribution < 1.29 is 4.42 Å². The van der Waals surface area contributed by atoms with Crippen LogP contribution in [-0.2, 0) is 20.1 Å². The first-order valence-corrected chi connectivity index (χ1v) is 6.92. The fraction of sp³-hybridized carbons (Fsp3) is 0.357. The Bertz CT molecular complexity index is 845. The van der Waals surface area contributed by atoms with Crippen LogP contribution < -0.4 is 16.0 Å². The molecule has 0 radical (unpaired) electrons. The number of nitrogens with zero attached hydrogens (tertiary/aromatic N) is 4. The third-order valence-corrected chi connectivity index (χ3v) is 3.40. The van der Waals surface area contributed by atoms with Gasteiger partial charge in [-0.3, -0.25) is 9.67 Å². The molecule has 0 atom stereocenters. The van der Waals surface area contributed by atoms with E-state index in [1.807, 2.05) is 37.2 Å². The van der Waals surface area contributed by atoms with Crippen LogP contribution in [0.3, 0.4) is 0 Å². The Morgan fingerprint density at radius 3 is 2.91 bits per heavy atom. The summed E-state index contributed by atoms with van der Waals surface area (Å²) in [6, 6.07) is 5.72. The van der Waals surface area contributed by atoms with E-state index in [1.165, 1.54) is 4.57 Å². The average Bonchev–Trinajstić information content (AvgIpc) is 3.05. The fourth-order valence-corrected chi connectivity index (χ4v) is 2.18. The molecule has 3 rings (SSSR count). The van der Waals surface area contributed by atoms with E-state index in [1.54, 1.807) is 7.05 Å². The van der Waals surface area contributed by atoms with Crippen LogP contribution in [0.15, 0.2) is 27.4 Å². The number of fused-ring (bicyclic) bond motifs is 1. The Hall–Kier alpha value is -2.61. The minimum Gasteiger partial charge on any atom is -0.408 e. The summed E-state index contributed by atoms with van der Waals surface area (Å²) in [5.41, 5.74) is 2.43. The van der Waals surface area contributed by atoms with Gasteiger partial charge in [-0.15, -0.1) is 5.10 Å². The van der Waals surface area contributed by atoms with Crippen molar-refractivity contribution in [1.29, 1.82) is 0 Å². The molecule has 0 aliphatic carbocycles. The van der Waals surface area contributed by atoms with E-state index < -0.39 is 0 Å². The van der Waals surface area contributed by atoms with Gasteiger partial charge in [-0.1, -0.05) is 6.07 Å². The van der Waals surface area contributed by atoms with Gasteiger partial charge in [0.25, 0.3) is 0 Å². The second kappa shape index (κ2) is 5.64. The van der Waals surface area contributed by atoms with E-state index in [2.05, 4.69) is 20.5 Å². The van der Waals surface area contributed by atoms with E-state index in [9.17, 15) is 4.79 Å². The molecule has 0 saturated heterocycles. The Morgan fingerprint density at radius 2 is 2.18 bits per heavy atom. The normalized spacial score (nSPS) is 11.2. The smallest absolute Gasteiger partial charge is 0.408 e. The molecule has 2 aromatic heterocycles. The molecule has 8 nitrogen and oxygen atoms in total. The summed E-state index contributed by atoms with van der Waals surface area (Å²) in [5, 5.41) is 10.3. The SMILES string of the molecule is CN(C)c1n[nH]c(CNCc2ccc3c(c2)oc(=O)n3C)n1. The number of hydrogen-bond donors (Lipinski definition) is 2. The topological polar surface area (TPSA) is 92.0 Å². The number of nitrogens with one attached hydrogen (secondary N) is 2. The molecular formula is C14H18N6O2. The molecule has 1 aromatic carbocycles. The molecular weight excluding hydrogens is 284 g/mol. The van der Waals surface area contributed by atoms with Crippen molar-refractivity contribution in [3.8, 4) is 0 Å². The van der Waals surface area contributed by atoms with Gasteiger partial charge in [0, 0.05) is 27.7 Å². The van der Waals surface area contributed by atoms with Gasteiger partial charge in [-0.25, -0.2) is 4.79 Å². The lowest BCUT2D eigenvalue weighted by molar-refractivity contribution is 0.527. The lowest BCUT2D eigenvalue weighted by atomic mass is 10.2. The molecule has 2 N–H and O–H groups in total. The Morgan fingerprint density at radius 1 is 1.36 bits per heavy atom. The fourth-order valence-electron chi connectivity index (χ4n) is 2.18. The largest absolute Gasteiger partial charge is 0.419 e. The first-order valence-electron chi connectivity index (χ1n) is 6.92. The maximum Gasteiger partial charge on any atom is 0.419 e. The minimum atomic E-state index is -0.349. The van der Waals surface area contributed by atoms with Crippen LogP contribution in [0.4, 0.5) is 5.95 Å². The predicted molar refractivity (Wildman–Crippen MR) is 82.7 cm³/mol. The summed E-state index contributed by atoms with van der Waals surface area (Å²) >= 11 is 0. The highest BCUT2D eigenvalue weighted by molar-refractivity contribution is 5.73. The summed E-state index contributed by atoms with van der Waals surface area (Å²) in [6.07, 6.45) is 0. The number of H-pyrrole nitrogens is 1. The van der Waals surface area contributed by atoms with Gasteiger partial charge in [0.05, 0.1) is 12.1 Å². The van der Waals surface area contributed by atoms with Crippen LogP contribution in [0.25, 0.3) is 11.1 Å². The number of anilines is 1. The number of aromatic amines is 1. The van der Waals surface area contributed by atoms with Crippen LogP contribution in [-0.4, -0.2) is 33.8 Å². The third kappa shape index (κ3) is 2.73. The Kier molecular flexibility index (Phi) is 3.68. The summed E-state index contributed by atoms with van der Waals surface area (Å²) in [4.78, 5) is 17.6. The number of aryl methyl sites for hydroxylation is 1. The number of rotatable bonds is 5. The van der Waals surface area contributed by atoms with Crippen molar-refractivity contribution in [2.24, 2.45) is 7.05 Å². The number of aromatic nitrogens is 4. The highest BCUT2D eigenvalue weighted by Crippen LogP contribution is 2.14. The summed E-state index contributed by atoms with van der Waals surface area (Å²) in [6.45, 7) is 1.23. The van der Waals surface area contributed by atoms with Crippen molar-refractivity contribution in [3.05, 3.63) is 40.1 Å². The molecule has 0 fully saturated rings. The molecule has 8 heteroatoms. The van der Waals surface area contributed by atoms with Crippen molar-refractivity contribution in [3.63, 3.8) is 0 Å². The summed E-state index contributed by atoms with van der Waals surface area (Å²) < 4.78 is 6.67. The molecule has 2 heterocycles. The van der Waals surface area contributed by atoms with Gasteiger partial charge in [-0.2, -0.15) is 4.98 Å². The first-order chi connectivity index (χ1) is 10.5. The number of benzene rings is 1. The van der Waals surface area contributed by atoms with Crippen molar-refractivity contribution in [2.45, 2.75) is 13.1 Å². The molecule has 0 amide bonds. The molecule has 0 spiro atoms. The lowest BCUT2D eigenvalue weighted by Gasteiger charge is -2.04. The van der Waals surface area contributed by atoms with Crippen LogP contribution in [0.5, 0.6) is 0 Å². The molecule has 3 aromatic rings. The summed E-state index contributed by atoms with van der Waals surface area (Å²) in [7, 11) is 5.48. The van der Waals surface area contributed by atoms with Gasteiger partial charge >= 0.3 is 5.76 Å². The lowest BCUT2D eigenvalue weighted by Crippen LogP contribution is -2.14. The predicted octanol–water partition coefficient (Wildman–Crippen LogP) is 0.605. The van der Waals surface area contributed by atoms with Crippen LogP contribution in [0.1, 0.15) is 11.4 Å². The molecule has 22 heavy (non-hydrogen) atoms. The number of oxazole rings is 1. The zero-order chi connectivity index (χ0) is 15.7. The third-order valence-electron chi connectivity index (χ3n) is 3.40. The molecule has 0 unspecified atom stereocenters. The maximum atomic E-state index is 11.5. The van der Waals surface area contributed by atoms with Gasteiger partial charge in [0.1, 0.15) is 5.82 Å². The quantitative estimate of drug-likeness (QED) is 0.717. The van der Waals surface area contributed by atoms with Crippen LogP contribution in [0, 0.1) is 0 Å².